The van der Waals surface area contributed by atoms with E-state index in [-0.39, 0.29) is 11.8 Å². The first-order valence-electron chi connectivity index (χ1n) is 9.06. The number of hydrogen-bond donors (Lipinski definition) is 0. The number of halogens is 1. The van der Waals surface area contributed by atoms with Crippen LogP contribution >= 0.6 is 11.6 Å². The van der Waals surface area contributed by atoms with Gasteiger partial charge in [0.05, 0.1) is 21.8 Å². The second-order valence-corrected chi connectivity index (χ2v) is 7.12. The highest BCUT2D eigenvalue weighted by molar-refractivity contribution is 6.36. The SMILES string of the molecule is O=C1c2ccccc2C(=O)N1c1ccc(Oc2ccc3ccccc3c2)c(Cl)c1. The predicted octanol–water partition coefficient (Wildman–Crippen LogP) is 6.09. The van der Waals surface area contributed by atoms with E-state index in [0.717, 1.165) is 15.7 Å². The highest BCUT2D eigenvalue weighted by atomic mass is 35.5. The van der Waals surface area contributed by atoms with Crippen LogP contribution in [0.1, 0.15) is 20.7 Å². The van der Waals surface area contributed by atoms with Gasteiger partial charge in [-0.15, -0.1) is 0 Å². The molecular formula is C24H14ClNO3. The maximum atomic E-state index is 12.7. The van der Waals surface area contributed by atoms with Crippen molar-refractivity contribution in [2.75, 3.05) is 4.90 Å². The Kier molecular flexibility index (Phi) is 4.07. The lowest BCUT2D eigenvalue weighted by atomic mass is 10.1. The summed E-state index contributed by atoms with van der Waals surface area (Å²) >= 11 is 6.41. The number of nitrogens with zero attached hydrogens (tertiary/aromatic N) is 1. The zero-order valence-corrected chi connectivity index (χ0v) is 15.9. The van der Waals surface area contributed by atoms with Crippen molar-refractivity contribution in [1.29, 1.82) is 0 Å². The molecule has 1 aliphatic heterocycles. The first kappa shape index (κ1) is 17.5. The highest BCUT2D eigenvalue weighted by Crippen LogP contribution is 2.36. The number of carbonyl (C=O) groups excluding carboxylic acids is 2. The van der Waals surface area contributed by atoms with Crippen molar-refractivity contribution in [2.24, 2.45) is 0 Å². The van der Waals surface area contributed by atoms with Crippen LogP contribution in [-0.4, -0.2) is 11.8 Å². The smallest absolute Gasteiger partial charge is 0.266 e. The molecule has 0 saturated heterocycles. The van der Waals surface area contributed by atoms with E-state index in [2.05, 4.69) is 0 Å². The summed E-state index contributed by atoms with van der Waals surface area (Å²) in [5, 5.41) is 2.49. The van der Waals surface area contributed by atoms with Gasteiger partial charge in [0.25, 0.3) is 11.8 Å². The Morgan fingerprint density at radius 1 is 0.690 bits per heavy atom. The number of fused-ring (bicyclic) bond motifs is 2. The normalized spacial score (nSPS) is 13.1. The standard InChI is InChI=1S/C24H14ClNO3/c25-21-14-17(26-23(27)19-7-3-4-8-20(19)24(26)28)10-12-22(21)29-18-11-9-15-5-1-2-6-16(15)13-18/h1-14H. The van der Waals surface area contributed by atoms with Crippen LogP contribution in [0.2, 0.25) is 5.02 Å². The van der Waals surface area contributed by atoms with E-state index < -0.39 is 0 Å². The second-order valence-electron chi connectivity index (χ2n) is 6.72. The van der Waals surface area contributed by atoms with Crippen LogP contribution in [-0.2, 0) is 0 Å². The highest BCUT2D eigenvalue weighted by Gasteiger charge is 2.36. The molecule has 0 saturated carbocycles. The van der Waals surface area contributed by atoms with Gasteiger partial charge in [0.1, 0.15) is 11.5 Å². The third-order valence-corrected chi connectivity index (χ3v) is 5.21. The maximum absolute atomic E-state index is 12.7. The van der Waals surface area contributed by atoms with E-state index in [1.54, 1.807) is 42.5 Å². The third-order valence-electron chi connectivity index (χ3n) is 4.92. The molecule has 29 heavy (non-hydrogen) atoms. The van der Waals surface area contributed by atoms with Crippen LogP contribution < -0.4 is 9.64 Å². The van der Waals surface area contributed by atoms with E-state index in [4.69, 9.17) is 16.3 Å². The van der Waals surface area contributed by atoms with E-state index >= 15 is 0 Å². The molecule has 5 rings (SSSR count). The lowest BCUT2D eigenvalue weighted by Gasteiger charge is -2.16. The van der Waals surface area contributed by atoms with Gasteiger partial charge in [-0.2, -0.15) is 0 Å². The van der Waals surface area contributed by atoms with Crippen molar-refractivity contribution in [3.63, 3.8) is 0 Å². The van der Waals surface area contributed by atoms with Crippen LogP contribution in [0, 0.1) is 0 Å². The van der Waals surface area contributed by atoms with Gasteiger partial charge in [0.15, 0.2) is 0 Å². The number of ether oxygens (including phenoxy) is 1. The number of anilines is 1. The lowest BCUT2D eigenvalue weighted by Crippen LogP contribution is -2.29. The Hall–Kier alpha value is -3.63. The van der Waals surface area contributed by atoms with Gasteiger partial charge in [-0.1, -0.05) is 54.1 Å². The van der Waals surface area contributed by atoms with Crippen molar-refractivity contribution in [1.82, 2.24) is 0 Å². The molecule has 0 fully saturated rings. The van der Waals surface area contributed by atoms with Crippen molar-refractivity contribution in [3.05, 3.63) is 101 Å². The van der Waals surface area contributed by atoms with E-state index in [1.165, 1.54) is 0 Å². The van der Waals surface area contributed by atoms with Gasteiger partial charge < -0.3 is 4.74 Å². The maximum Gasteiger partial charge on any atom is 0.266 e. The summed E-state index contributed by atoms with van der Waals surface area (Å²) in [4.78, 5) is 26.4. The Labute approximate surface area is 171 Å². The molecule has 0 radical (unpaired) electrons. The number of amides is 2. The van der Waals surface area contributed by atoms with Crippen LogP contribution in [0.4, 0.5) is 5.69 Å². The molecule has 4 aromatic rings. The predicted molar refractivity (Wildman–Crippen MR) is 113 cm³/mol. The molecule has 0 aromatic heterocycles. The second kappa shape index (κ2) is 6.76. The summed E-state index contributed by atoms with van der Waals surface area (Å²) in [5.74, 6) is 0.385. The average molecular weight is 400 g/mol. The molecule has 0 atom stereocenters. The molecule has 0 unspecified atom stereocenters. The minimum absolute atomic E-state index is 0.312. The minimum Gasteiger partial charge on any atom is -0.456 e. The fourth-order valence-electron chi connectivity index (χ4n) is 3.49. The molecule has 4 aromatic carbocycles. The molecule has 0 spiro atoms. The minimum atomic E-state index is -0.357. The Bertz CT molecular complexity index is 1260. The summed E-state index contributed by atoms with van der Waals surface area (Å²) in [5.41, 5.74) is 1.20. The molecule has 0 N–H and O–H groups in total. The first-order valence-corrected chi connectivity index (χ1v) is 9.44. The average Bonchev–Trinajstić information content (AvgIpc) is 3.00. The van der Waals surface area contributed by atoms with E-state index in [9.17, 15) is 9.59 Å². The molecular weight excluding hydrogens is 386 g/mol. The van der Waals surface area contributed by atoms with Crippen LogP contribution in [0.25, 0.3) is 10.8 Å². The summed E-state index contributed by atoms with van der Waals surface area (Å²) < 4.78 is 5.93. The topological polar surface area (TPSA) is 46.6 Å². The van der Waals surface area contributed by atoms with Crippen molar-refractivity contribution < 1.29 is 14.3 Å². The van der Waals surface area contributed by atoms with Crippen molar-refractivity contribution in [3.8, 4) is 11.5 Å². The van der Waals surface area contributed by atoms with Gasteiger partial charge in [-0.3, -0.25) is 9.59 Å². The molecule has 0 bridgehead atoms. The number of imide groups is 1. The number of hydrogen-bond acceptors (Lipinski definition) is 3. The van der Waals surface area contributed by atoms with Crippen molar-refractivity contribution >= 4 is 39.9 Å². The fraction of sp³-hybridized carbons (Fsp3) is 0. The van der Waals surface area contributed by atoms with Crippen molar-refractivity contribution in [2.45, 2.75) is 0 Å². The van der Waals surface area contributed by atoms with E-state index in [0.29, 0.717) is 33.3 Å². The number of carbonyl (C=O) groups is 2. The van der Waals surface area contributed by atoms with Gasteiger partial charge in [-0.05, 0) is 53.2 Å². The van der Waals surface area contributed by atoms with Crippen LogP contribution in [0.5, 0.6) is 11.5 Å². The quantitative estimate of drug-likeness (QED) is 0.392. The Balaban J connectivity index is 1.45. The van der Waals surface area contributed by atoms with Gasteiger partial charge in [-0.25, -0.2) is 4.90 Å². The number of rotatable bonds is 3. The molecule has 0 aliphatic carbocycles. The summed E-state index contributed by atoms with van der Waals surface area (Å²) in [6.45, 7) is 0. The Morgan fingerprint density at radius 2 is 1.34 bits per heavy atom. The fourth-order valence-corrected chi connectivity index (χ4v) is 3.71. The van der Waals surface area contributed by atoms with Gasteiger partial charge >= 0.3 is 0 Å². The third kappa shape index (κ3) is 2.94. The molecule has 2 amide bonds. The zero-order valence-electron chi connectivity index (χ0n) is 15.1. The molecule has 4 nitrogen and oxygen atoms in total. The molecule has 1 aliphatic rings. The Morgan fingerprint density at radius 3 is 2.03 bits per heavy atom. The first-order chi connectivity index (χ1) is 14.1. The number of benzene rings is 4. The molecule has 5 heteroatoms. The van der Waals surface area contributed by atoms with Gasteiger partial charge in [0.2, 0.25) is 0 Å². The van der Waals surface area contributed by atoms with Crippen LogP contribution in [0.15, 0.2) is 84.9 Å². The van der Waals surface area contributed by atoms with Crippen LogP contribution in [0.3, 0.4) is 0 Å². The molecule has 1 heterocycles. The monoisotopic (exact) mass is 399 g/mol. The lowest BCUT2D eigenvalue weighted by molar-refractivity contribution is 0.0926. The van der Waals surface area contributed by atoms with E-state index in [1.807, 2.05) is 42.5 Å². The molecule has 140 valence electrons. The summed E-state index contributed by atoms with van der Waals surface area (Å²) in [7, 11) is 0. The zero-order chi connectivity index (χ0) is 20.0. The summed E-state index contributed by atoms with van der Waals surface area (Å²) in [6, 6.07) is 25.4. The largest absolute Gasteiger partial charge is 0.456 e. The summed E-state index contributed by atoms with van der Waals surface area (Å²) in [6.07, 6.45) is 0. The van der Waals surface area contributed by atoms with Gasteiger partial charge in [0, 0.05) is 0 Å².